The van der Waals surface area contributed by atoms with Crippen molar-refractivity contribution in [2.24, 2.45) is 11.8 Å². The van der Waals surface area contributed by atoms with E-state index < -0.39 is 12.1 Å². The zero-order valence-electron chi connectivity index (χ0n) is 22.7. The van der Waals surface area contributed by atoms with Gasteiger partial charge >= 0.3 is 6.03 Å². The molecule has 8 heteroatoms. The molecule has 4 amide bonds. The lowest BCUT2D eigenvalue weighted by atomic mass is 9.95. The van der Waals surface area contributed by atoms with Gasteiger partial charge in [-0.1, -0.05) is 38.1 Å². The zero-order chi connectivity index (χ0) is 26.8. The summed E-state index contributed by atoms with van der Waals surface area (Å²) in [5, 5.41) is 8.58. The van der Waals surface area contributed by atoms with Gasteiger partial charge in [0.15, 0.2) is 5.78 Å². The summed E-state index contributed by atoms with van der Waals surface area (Å²) in [6, 6.07) is 6.72. The first-order valence-electron chi connectivity index (χ1n) is 13.2. The molecule has 0 aliphatic heterocycles. The highest BCUT2D eigenvalue weighted by Crippen LogP contribution is 2.29. The Morgan fingerprint density at radius 3 is 2.08 bits per heavy atom. The van der Waals surface area contributed by atoms with Crippen LogP contribution in [0.15, 0.2) is 24.3 Å². The van der Waals surface area contributed by atoms with Gasteiger partial charge in [0.05, 0.1) is 6.04 Å². The standard InChI is InChI=1S/C28H44N4O4/c1-18(2)15-24(20(5)33)30-25(34)13-9-10-14-32(6)27(35)26(31-28(36)29-19(3)4)23-16-21-11-7-8-12-22(21)17-23/h7-8,11-12,18-19,23-24,26H,9-10,13-17H2,1-6H3,(H,30,34)(H2,29,31,36). The number of ketones is 1. The van der Waals surface area contributed by atoms with Gasteiger partial charge in [-0.05, 0) is 75.8 Å². The zero-order valence-corrected chi connectivity index (χ0v) is 22.7. The maximum Gasteiger partial charge on any atom is 0.315 e. The number of fused-ring (bicyclic) bond motifs is 1. The molecular weight excluding hydrogens is 456 g/mol. The lowest BCUT2D eigenvalue weighted by molar-refractivity contribution is -0.133. The highest BCUT2D eigenvalue weighted by Gasteiger charge is 2.35. The molecule has 0 radical (unpaired) electrons. The Morgan fingerprint density at radius 2 is 1.56 bits per heavy atom. The van der Waals surface area contributed by atoms with Gasteiger partial charge in [0, 0.05) is 26.1 Å². The molecule has 2 unspecified atom stereocenters. The summed E-state index contributed by atoms with van der Waals surface area (Å²) < 4.78 is 0. The van der Waals surface area contributed by atoms with Crippen molar-refractivity contribution in [3.05, 3.63) is 35.4 Å². The summed E-state index contributed by atoms with van der Waals surface area (Å²) >= 11 is 0. The second kappa shape index (κ2) is 14.0. The first-order valence-corrected chi connectivity index (χ1v) is 13.2. The number of unbranched alkanes of at least 4 members (excludes halogenated alkanes) is 1. The van der Waals surface area contributed by atoms with E-state index in [4.69, 9.17) is 0 Å². The maximum atomic E-state index is 13.4. The molecule has 1 aliphatic carbocycles. The summed E-state index contributed by atoms with van der Waals surface area (Å²) in [5.41, 5.74) is 2.45. The van der Waals surface area contributed by atoms with E-state index in [-0.39, 0.29) is 35.6 Å². The number of Topliss-reactive ketones (excluding diaryl/α,β-unsaturated/α-hetero) is 1. The number of amides is 4. The van der Waals surface area contributed by atoms with E-state index in [1.807, 2.05) is 39.8 Å². The average Bonchev–Trinajstić information content (AvgIpc) is 3.22. The highest BCUT2D eigenvalue weighted by atomic mass is 16.2. The van der Waals surface area contributed by atoms with Crippen LogP contribution in [-0.4, -0.2) is 60.2 Å². The molecule has 0 aromatic heterocycles. The summed E-state index contributed by atoms with van der Waals surface area (Å²) in [4.78, 5) is 51.7. The Labute approximate surface area is 216 Å². The van der Waals surface area contributed by atoms with Gasteiger partial charge in [-0.25, -0.2) is 4.79 Å². The van der Waals surface area contributed by atoms with Crippen molar-refractivity contribution in [3.8, 4) is 0 Å². The van der Waals surface area contributed by atoms with E-state index in [2.05, 4.69) is 28.1 Å². The van der Waals surface area contributed by atoms with Crippen LogP contribution in [0.5, 0.6) is 0 Å². The van der Waals surface area contributed by atoms with Crippen LogP contribution in [0.3, 0.4) is 0 Å². The molecule has 2 atom stereocenters. The summed E-state index contributed by atoms with van der Waals surface area (Å²) in [7, 11) is 1.74. The van der Waals surface area contributed by atoms with Crippen LogP contribution in [0.25, 0.3) is 0 Å². The van der Waals surface area contributed by atoms with Crippen LogP contribution in [0.2, 0.25) is 0 Å². The second-order valence-electron chi connectivity index (χ2n) is 10.8. The van der Waals surface area contributed by atoms with Crippen molar-refractivity contribution >= 4 is 23.6 Å². The first kappa shape index (κ1) is 29.3. The van der Waals surface area contributed by atoms with Crippen LogP contribution in [-0.2, 0) is 27.2 Å². The Balaban J connectivity index is 1.90. The summed E-state index contributed by atoms with van der Waals surface area (Å²) in [6.07, 6.45) is 3.69. The lowest BCUT2D eigenvalue weighted by Crippen LogP contribution is -2.55. The number of urea groups is 1. The predicted molar refractivity (Wildman–Crippen MR) is 141 cm³/mol. The largest absolute Gasteiger partial charge is 0.346 e. The van der Waals surface area contributed by atoms with Gasteiger partial charge < -0.3 is 20.9 Å². The fourth-order valence-corrected chi connectivity index (χ4v) is 4.70. The Morgan fingerprint density at radius 1 is 0.944 bits per heavy atom. The predicted octanol–water partition coefficient (Wildman–Crippen LogP) is 3.23. The van der Waals surface area contributed by atoms with Gasteiger partial charge in [-0.2, -0.15) is 0 Å². The smallest absolute Gasteiger partial charge is 0.315 e. The summed E-state index contributed by atoms with van der Waals surface area (Å²) in [6.45, 7) is 9.79. The SMILES string of the molecule is CC(=O)C(CC(C)C)NC(=O)CCCCN(C)C(=O)C(NC(=O)NC(C)C)C1Cc2ccccc2C1. The highest BCUT2D eigenvalue weighted by molar-refractivity contribution is 5.88. The molecule has 36 heavy (non-hydrogen) atoms. The molecule has 0 saturated carbocycles. The number of hydrogen-bond donors (Lipinski definition) is 3. The normalized spacial score (nSPS) is 14.8. The Bertz CT molecular complexity index is 890. The minimum absolute atomic E-state index is 0.00879. The van der Waals surface area contributed by atoms with Crippen molar-refractivity contribution in [1.82, 2.24) is 20.9 Å². The molecule has 8 nitrogen and oxygen atoms in total. The minimum atomic E-state index is -0.628. The Kier molecular flexibility index (Phi) is 11.4. The number of hydrogen-bond acceptors (Lipinski definition) is 4. The molecule has 0 heterocycles. The molecule has 1 aromatic rings. The molecule has 0 fully saturated rings. The van der Waals surface area contributed by atoms with Gasteiger partial charge in [0.1, 0.15) is 6.04 Å². The van der Waals surface area contributed by atoms with Crippen LogP contribution in [0.1, 0.15) is 71.4 Å². The third-order valence-electron chi connectivity index (χ3n) is 6.58. The molecule has 0 spiro atoms. The maximum absolute atomic E-state index is 13.4. The molecular formula is C28H44N4O4. The van der Waals surface area contributed by atoms with Crippen LogP contribution < -0.4 is 16.0 Å². The molecule has 2 rings (SSSR count). The quantitative estimate of drug-likeness (QED) is 0.362. The van der Waals surface area contributed by atoms with Gasteiger partial charge in [0.2, 0.25) is 11.8 Å². The van der Waals surface area contributed by atoms with Gasteiger partial charge in [0.25, 0.3) is 0 Å². The molecule has 1 aliphatic rings. The van der Waals surface area contributed by atoms with E-state index in [1.165, 1.54) is 18.1 Å². The van der Waals surface area contributed by atoms with E-state index in [0.29, 0.717) is 38.1 Å². The topological polar surface area (TPSA) is 108 Å². The number of nitrogens with one attached hydrogen (secondary N) is 3. The van der Waals surface area contributed by atoms with Crippen molar-refractivity contribution in [2.45, 2.75) is 91.3 Å². The number of carbonyl (C=O) groups is 4. The molecule has 0 bridgehead atoms. The number of nitrogens with zero attached hydrogens (tertiary/aromatic N) is 1. The molecule has 1 aromatic carbocycles. The first-order chi connectivity index (χ1) is 17.0. The minimum Gasteiger partial charge on any atom is -0.346 e. The van der Waals surface area contributed by atoms with Gasteiger partial charge in [-0.3, -0.25) is 14.4 Å². The molecule has 3 N–H and O–H groups in total. The Hall–Kier alpha value is -2.90. The third-order valence-corrected chi connectivity index (χ3v) is 6.58. The van der Waals surface area contributed by atoms with Crippen LogP contribution in [0, 0.1) is 11.8 Å². The average molecular weight is 501 g/mol. The van der Waals surface area contributed by atoms with E-state index in [1.54, 1.807) is 11.9 Å². The van der Waals surface area contributed by atoms with E-state index in [0.717, 1.165) is 12.8 Å². The fourth-order valence-electron chi connectivity index (χ4n) is 4.70. The number of rotatable bonds is 13. The van der Waals surface area contributed by atoms with Crippen LogP contribution >= 0.6 is 0 Å². The van der Waals surface area contributed by atoms with Crippen LogP contribution in [0.4, 0.5) is 4.79 Å². The lowest BCUT2D eigenvalue weighted by Gasteiger charge is -2.29. The van der Waals surface area contributed by atoms with Gasteiger partial charge in [-0.15, -0.1) is 0 Å². The third kappa shape index (κ3) is 9.28. The van der Waals surface area contributed by atoms with E-state index >= 15 is 0 Å². The van der Waals surface area contributed by atoms with Crippen molar-refractivity contribution in [2.75, 3.05) is 13.6 Å². The number of carbonyl (C=O) groups excluding carboxylic acids is 4. The van der Waals surface area contributed by atoms with Crippen molar-refractivity contribution in [3.63, 3.8) is 0 Å². The number of likely N-dealkylation sites (N-methyl/N-ethyl adjacent to an activating group) is 1. The fraction of sp³-hybridized carbons (Fsp3) is 0.643. The monoisotopic (exact) mass is 500 g/mol. The summed E-state index contributed by atoms with van der Waals surface area (Å²) in [5.74, 6) is 0.0147. The molecule has 200 valence electrons. The molecule has 0 saturated heterocycles. The van der Waals surface area contributed by atoms with Crippen molar-refractivity contribution < 1.29 is 19.2 Å². The second-order valence-corrected chi connectivity index (χ2v) is 10.8. The number of benzene rings is 1. The van der Waals surface area contributed by atoms with Crippen molar-refractivity contribution in [1.29, 1.82) is 0 Å². The van der Waals surface area contributed by atoms with E-state index in [9.17, 15) is 19.2 Å².